The maximum absolute atomic E-state index is 13.0. The number of halogens is 4. The maximum Gasteiger partial charge on any atom is 0.273 e. The number of anilines is 3. The Balaban J connectivity index is 1.50. The number of aromatic amines is 1. The van der Waals surface area contributed by atoms with Crippen molar-refractivity contribution >= 4 is 69.5 Å². The molecular formula is C33H36Cl4N4O3. The monoisotopic (exact) mass is 676 g/mol. The highest BCUT2D eigenvalue weighted by molar-refractivity contribution is 6.40. The molecule has 0 aliphatic carbocycles. The molecular weight excluding hydrogens is 642 g/mol. The number of H-pyrrole nitrogens is 1. The Morgan fingerprint density at radius 2 is 1.52 bits per heavy atom. The minimum atomic E-state index is -0.409. The lowest BCUT2D eigenvalue weighted by molar-refractivity contribution is -0.118. The van der Waals surface area contributed by atoms with Gasteiger partial charge in [0.15, 0.2) is 6.61 Å². The van der Waals surface area contributed by atoms with E-state index in [0.29, 0.717) is 28.0 Å². The first-order chi connectivity index (χ1) is 20.7. The number of hydrogen-bond donors (Lipinski definition) is 3. The average molecular weight is 678 g/mol. The van der Waals surface area contributed by atoms with E-state index in [0.717, 1.165) is 18.4 Å². The minimum Gasteiger partial charge on any atom is -0.483 e. The fourth-order valence-corrected chi connectivity index (χ4v) is 5.78. The van der Waals surface area contributed by atoms with Crippen molar-refractivity contribution in [2.75, 3.05) is 17.2 Å². The van der Waals surface area contributed by atoms with Crippen LogP contribution in [-0.2, 0) is 15.6 Å². The molecule has 234 valence electrons. The number of nitrogens with zero attached hydrogens (tertiary/aromatic N) is 1. The zero-order chi connectivity index (χ0) is 32.4. The van der Waals surface area contributed by atoms with Gasteiger partial charge in [-0.2, -0.15) is 0 Å². The second-order valence-electron chi connectivity index (χ2n) is 11.9. The summed E-state index contributed by atoms with van der Waals surface area (Å²) in [6, 6.07) is 15.7. The predicted molar refractivity (Wildman–Crippen MR) is 183 cm³/mol. The van der Waals surface area contributed by atoms with E-state index < -0.39 is 5.56 Å². The summed E-state index contributed by atoms with van der Waals surface area (Å²) in [6.45, 7) is 12.9. The summed E-state index contributed by atoms with van der Waals surface area (Å²) in [7, 11) is 0. The van der Waals surface area contributed by atoms with Crippen LogP contribution in [0.3, 0.4) is 0 Å². The van der Waals surface area contributed by atoms with Crippen molar-refractivity contribution in [1.29, 1.82) is 0 Å². The molecule has 0 aliphatic heterocycles. The van der Waals surface area contributed by atoms with Gasteiger partial charge in [0, 0.05) is 16.7 Å². The van der Waals surface area contributed by atoms with Crippen molar-refractivity contribution in [3.05, 3.63) is 96.2 Å². The SMILES string of the molecule is CCC(C)(C)c1ccc(OCC(=O)Nc2cccc(Nc3cc(=O)n(-c4c(Cl)cc(Cl)cc4Cl)[nH]3)c2Cl)c(C(C)(C)CC)c1. The standard InChI is InChI=1S/C33H36Cl4N4O3/c1-7-32(3,4)19-12-13-26(21(14-19)33(5,6)8-2)44-18-28(42)39-25-11-9-10-24(30(25)37)38-27-17-29(43)41(40-27)31-22(35)15-20(34)16-23(31)36/h9-17,38,40H,7-8,18H2,1-6H3,(H,39,42). The molecule has 0 bridgehead atoms. The third-order valence-corrected chi connectivity index (χ3v) is 9.29. The predicted octanol–water partition coefficient (Wildman–Crippen LogP) is 9.92. The summed E-state index contributed by atoms with van der Waals surface area (Å²) < 4.78 is 7.27. The van der Waals surface area contributed by atoms with Crippen molar-refractivity contribution in [2.24, 2.45) is 0 Å². The van der Waals surface area contributed by atoms with Gasteiger partial charge in [-0.05, 0) is 59.6 Å². The Labute approximate surface area is 277 Å². The van der Waals surface area contributed by atoms with Gasteiger partial charge in [0.05, 0.1) is 26.4 Å². The van der Waals surface area contributed by atoms with E-state index in [1.807, 2.05) is 6.07 Å². The first kappa shape index (κ1) is 33.8. The van der Waals surface area contributed by atoms with Gasteiger partial charge in [-0.1, -0.05) is 106 Å². The fourth-order valence-electron chi connectivity index (χ4n) is 4.57. The molecule has 0 saturated heterocycles. The summed E-state index contributed by atoms with van der Waals surface area (Å²) in [5, 5.41) is 9.82. The number of rotatable bonds is 11. The van der Waals surface area contributed by atoms with Crippen LogP contribution in [0.5, 0.6) is 5.75 Å². The second-order valence-corrected chi connectivity index (χ2v) is 13.5. The van der Waals surface area contributed by atoms with Gasteiger partial charge in [-0.15, -0.1) is 0 Å². The molecule has 4 rings (SSSR count). The minimum absolute atomic E-state index is 0.0237. The largest absolute Gasteiger partial charge is 0.483 e. The Morgan fingerprint density at radius 1 is 0.886 bits per heavy atom. The van der Waals surface area contributed by atoms with Crippen molar-refractivity contribution in [3.8, 4) is 11.4 Å². The topological polar surface area (TPSA) is 88.2 Å². The number of aromatic nitrogens is 2. The summed E-state index contributed by atoms with van der Waals surface area (Å²) in [5.74, 6) is 0.638. The van der Waals surface area contributed by atoms with Crippen LogP contribution < -0.4 is 20.9 Å². The van der Waals surface area contributed by atoms with Gasteiger partial charge in [0.1, 0.15) is 17.3 Å². The summed E-state index contributed by atoms with van der Waals surface area (Å²) in [4.78, 5) is 25.7. The number of carbonyl (C=O) groups excluding carboxylic acids is 1. The van der Waals surface area contributed by atoms with E-state index in [2.05, 4.69) is 69.4 Å². The Kier molecular flexibility index (Phi) is 10.4. The molecule has 1 amide bonds. The van der Waals surface area contributed by atoms with Gasteiger partial charge in [0.25, 0.3) is 11.5 Å². The molecule has 0 aliphatic rings. The van der Waals surface area contributed by atoms with E-state index >= 15 is 0 Å². The first-order valence-electron chi connectivity index (χ1n) is 14.3. The van der Waals surface area contributed by atoms with Gasteiger partial charge in [-0.3, -0.25) is 14.7 Å². The van der Waals surface area contributed by atoms with Crippen LogP contribution in [0.4, 0.5) is 17.2 Å². The fraction of sp³-hybridized carbons (Fsp3) is 0.333. The molecule has 3 N–H and O–H groups in total. The molecule has 1 heterocycles. The highest BCUT2D eigenvalue weighted by atomic mass is 35.5. The normalized spacial score (nSPS) is 11.9. The third kappa shape index (κ3) is 7.40. The van der Waals surface area contributed by atoms with Crippen LogP contribution in [0.15, 0.2) is 59.4 Å². The number of hydrogen-bond acceptors (Lipinski definition) is 4. The van der Waals surface area contributed by atoms with Crippen molar-refractivity contribution < 1.29 is 9.53 Å². The summed E-state index contributed by atoms with van der Waals surface area (Å²) in [5.41, 5.74) is 2.87. The Hall–Kier alpha value is -3.10. The third-order valence-electron chi connectivity index (χ3n) is 8.08. The van der Waals surface area contributed by atoms with E-state index in [9.17, 15) is 9.59 Å². The molecule has 44 heavy (non-hydrogen) atoms. The molecule has 0 fully saturated rings. The number of nitrogens with one attached hydrogen (secondary N) is 3. The van der Waals surface area contributed by atoms with E-state index in [-0.39, 0.29) is 44.1 Å². The first-order valence-corrected chi connectivity index (χ1v) is 15.8. The second kappa shape index (κ2) is 13.5. The molecule has 0 radical (unpaired) electrons. The van der Waals surface area contributed by atoms with Gasteiger partial charge in [-0.25, -0.2) is 4.68 Å². The molecule has 1 aromatic heterocycles. The van der Waals surface area contributed by atoms with Crippen LogP contribution in [0.2, 0.25) is 20.1 Å². The molecule has 7 nitrogen and oxygen atoms in total. The average Bonchev–Trinajstić information content (AvgIpc) is 3.32. The molecule has 0 saturated carbocycles. The molecule has 4 aromatic rings. The zero-order valence-corrected chi connectivity index (χ0v) is 28.5. The summed E-state index contributed by atoms with van der Waals surface area (Å²) >= 11 is 25.3. The van der Waals surface area contributed by atoms with Crippen molar-refractivity contribution in [1.82, 2.24) is 9.78 Å². The smallest absolute Gasteiger partial charge is 0.273 e. The quantitative estimate of drug-likeness (QED) is 0.147. The molecule has 0 unspecified atom stereocenters. The van der Waals surface area contributed by atoms with E-state index in [4.69, 9.17) is 51.1 Å². The lowest BCUT2D eigenvalue weighted by Gasteiger charge is -2.30. The molecule has 11 heteroatoms. The molecule has 3 aromatic carbocycles. The number of amides is 1. The van der Waals surface area contributed by atoms with Crippen molar-refractivity contribution in [3.63, 3.8) is 0 Å². The number of benzene rings is 3. The van der Waals surface area contributed by atoms with E-state index in [1.54, 1.807) is 18.2 Å². The number of ether oxygens (including phenoxy) is 1. The van der Waals surface area contributed by atoms with Crippen LogP contribution in [0.1, 0.15) is 65.5 Å². The Bertz CT molecular complexity index is 1720. The molecule has 0 atom stereocenters. The summed E-state index contributed by atoms with van der Waals surface area (Å²) in [6.07, 6.45) is 1.92. The van der Waals surface area contributed by atoms with Crippen LogP contribution in [-0.4, -0.2) is 22.3 Å². The lowest BCUT2D eigenvalue weighted by Crippen LogP contribution is -2.24. The van der Waals surface area contributed by atoms with Gasteiger partial charge >= 0.3 is 0 Å². The Morgan fingerprint density at radius 3 is 2.16 bits per heavy atom. The van der Waals surface area contributed by atoms with Crippen LogP contribution in [0, 0.1) is 0 Å². The highest BCUT2D eigenvalue weighted by Crippen LogP contribution is 2.39. The van der Waals surface area contributed by atoms with Crippen molar-refractivity contribution in [2.45, 2.75) is 65.2 Å². The number of carbonyl (C=O) groups is 1. The van der Waals surface area contributed by atoms with Gasteiger partial charge < -0.3 is 15.4 Å². The van der Waals surface area contributed by atoms with E-state index in [1.165, 1.54) is 28.4 Å². The maximum atomic E-state index is 13.0. The van der Waals surface area contributed by atoms with Gasteiger partial charge in [0.2, 0.25) is 0 Å². The van der Waals surface area contributed by atoms with Crippen LogP contribution in [0.25, 0.3) is 5.69 Å². The lowest BCUT2D eigenvalue weighted by atomic mass is 9.76. The zero-order valence-electron chi connectivity index (χ0n) is 25.5. The highest BCUT2D eigenvalue weighted by Gasteiger charge is 2.27. The van der Waals surface area contributed by atoms with Crippen LogP contribution >= 0.6 is 46.4 Å². The molecule has 0 spiro atoms.